The topological polar surface area (TPSA) is 167 Å². The van der Waals surface area contributed by atoms with Crippen molar-refractivity contribution in [1.82, 2.24) is 25.8 Å². The minimum Gasteiger partial charge on any atom is -0.390 e. The van der Waals surface area contributed by atoms with Crippen molar-refractivity contribution in [3.05, 3.63) is 52.5 Å². The SMILES string of the molecule is CC(C)C[C@@H]([C]=O)NC(=O)C[C@H](O)[C@H](CC(C)C)NC(=O)C(Cc1cscn1)NC(=O)[C@@H](CC(=O)N1CCOCC1)Cc1ccccc1. The Balaban J connectivity index is 1.78. The number of aliphatic hydroxyl groups excluding tert-OH is 1. The molecule has 1 aromatic carbocycles. The highest BCUT2D eigenvalue weighted by Gasteiger charge is 2.33. The zero-order valence-corrected chi connectivity index (χ0v) is 29.2. The molecule has 0 aliphatic carbocycles. The minimum atomic E-state index is -1.25. The van der Waals surface area contributed by atoms with Crippen LogP contribution in [-0.2, 0) is 41.6 Å². The van der Waals surface area contributed by atoms with Crippen LogP contribution in [0.15, 0.2) is 41.2 Å². The summed E-state index contributed by atoms with van der Waals surface area (Å²) in [7, 11) is 0. The molecule has 3 rings (SSSR count). The summed E-state index contributed by atoms with van der Waals surface area (Å²) in [6, 6.07) is 6.73. The normalized spacial score (nSPS) is 16.4. The van der Waals surface area contributed by atoms with Gasteiger partial charge < -0.3 is 30.7 Å². The van der Waals surface area contributed by atoms with Crippen LogP contribution in [0.1, 0.15) is 64.6 Å². The first kappa shape index (κ1) is 38.8. The third-order valence-electron chi connectivity index (χ3n) is 8.11. The average molecular weight is 685 g/mol. The fraction of sp³-hybridized carbons (Fsp3) is 0.600. The molecule has 2 heterocycles. The lowest BCUT2D eigenvalue weighted by atomic mass is 9.93. The van der Waals surface area contributed by atoms with Crippen LogP contribution in [0.5, 0.6) is 0 Å². The van der Waals surface area contributed by atoms with Gasteiger partial charge in [-0.3, -0.25) is 24.0 Å². The number of carbonyl (C=O) groups excluding carboxylic acids is 5. The number of aliphatic hydroxyl groups is 1. The van der Waals surface area contributed by atoms with Crippen molar-refractivity contribution in [1.29, 1.82) is 0 Å². The van der Waals surface area contributed by atoms with Crippen LogP contribution in [0, 0.1) is 17.8 Å². The Labute approximate surface area is 287 Å². The van der Waals surface area contributed by atoms with Crippen molar-refractivity contribution in [3.63, 3.8) is 0 Å². The molecule has 1 radical (unpaired) electrons. The second-order valence-electron chi connectivity index (χ2n) is 13.2. The van der Waals surface area contributed by atoms with Crippen LogP contribution in [0.25, 0.3) is 0 Å². The maximum absolute atomic E-state index is 13.9. The predicted molar refractivity (Wildman–Crippen MR) is 182 cm³/mol. The standard InChI is InChI=1S/C35H50N5O7S/c1-23(2)14-27(20-41)37-32(43)19-31(42)29(15-24(3)4)38-35(46)30(18-28-21-48-22-36-28)39-34(45)26(16-25-8-6-5-7-9-25)17-33(44)40-10-12-47-13-11-40/h5-9,21-24,26-27,29-31,42H,10-19H2,1-4H3,(H,37,43)(H,38,46)(H,39,45)/t26-,27+,29+,30?,31+/m1/s1. The van der Waals surface area contributed by atoms with E-state index < -0.39 is 47.9 Å². The van der Waals surface area contributed by atoms with Gasteiger partial charge in [-0.1, -0.05) is 58.0 Å². The molecule has 263 valence electrons. The Hall–Kier alpha value is -3.68. The van der Waals surface area contributed by atoms with Gasteiger partial charge in [0, 0.05) is 31.3 Å². The average Bonchev–Trinajstić information content (AvgIpc) is 3.57. The summed E-state index contributed by atoms with van der Waals surface area (Å²) in [5.74, 6) is -2.21. The van der Waals surface area contributed by atoms with E-state index in [1.54, 1.807) is 15.8 Å². The first-order chi connectivity index (χ1) is 22.9. The maximum Gasteiger partial charge on any atom is 0.243 e. The van der Waals surface area contributed by atoms with Crippen molar-refractivity contribution in [2.24, 2.45) is 17.8 Å². The van der Waals surface area contributed by atoms with Gasteiger partial charge in [-0.05, 0) is 36.7 Å². The lowest BCUT2D eigenvalue weighted by Gasteiger charge is -2.30. The second-order valence-corrected chi connectivity index (χ2v) is 13.9. The van der Waals surface area contributed by atoms with Gasteiger partial charge >= 0.3 is 0 Å². The fourth-order valence-corrected chi connectivity index (χ4v) is 6.22. The van der Waals surface area contributed by atoms with Crippen molar-refractivity contribution >= 4 is 41.3 Å². The van der Waals surface area contributed by atoms with Gasteiger partial charge in [-0.2, -0.15) is 0 Å². The third-order valence-corrected chi connectivity index (χ3v) is 8.74. The third kappa shape index (κ3) is 13.4. The van der Waals surface area contributed by atoms with Crippen molar-refractivity contribution in [2.75, 3.05) is 26.3 Å². The largest absolute Gasteiger partial charge is 0.390 e. The molecule has 0 saturated carbocycles. The van der Waals surface area contributed by atoms with Crippen molar-refractivity contribution < 1.29 is 33.8 Å². The van der Waals surface area contributed by atoms with E-state index in [1.807, 2.05) is 64.3 Å². The number of ether oxygens (including phenoxy) is 1. The second kappa shape index (κ2) is 20.0. The number of aromatic nitrogens is 1. The first-order valence-corrected chi connectivity index (χ1v) is 17.6. The summed E-state index contributed by atoms with van der Waals surface area (Å²) in [5, 5.41) is 21.3. The molecule has 1 aliphatic heterocycles. The lowest BCUT2D eigenvalue weighted by molar-refractivity contribution is -0.140. The molecular formula is C35H50N5O7S. The highest BCUT2D eigenvalue weighted by molar-refractivity contribution is 7.07. The summed E-state index contributed by atoms with van der Waals surface area (Å²) in [4.78, 5) is 71.1. The number of carbonyl (C=O) groups is 4. The molecule has 13 heteroatoms. The van der Waals surface area contributed by atoms with Gasteiger partial charge in [0.25, 0.3) is 0 Å². The zero-order valence-electron chi connectivity index (χ0n) is 28.4. The van der Waals surface area contributed by atoms with Crippen LogP contribution in [-0.4, -0.2) is 95.4 Å². The summed E-state index contributed by atoms with van der Waals surface area (Å²) >= 11 is 1.36. The number of hydrogen-bond donors (Lipinski definition) is 4. The number of hydrogen-bond acceptors (Lipinski definition) is 9. The summed E-state index contributed by atoms with van der Waals surface area (Å²) in [6.45, 7) is 9.50. The molecule has 4 N–H and O–H groups in total. The molecule has 5 atom stereocenters. The Bertz CT molecular complexity index is 1300. The molecule has 1 saturated heterocycles. The molecule has 1 aromatic heterocycles. The van der Waals surface area contributed by atoms with E-state index in [1.165, 1.54) is 11.3 Å². The van der Waals surface area contributed by atoms with E-state index in [0.29, 0.717) is 51.3 Å². The van der Waals surface area contributed by atoms with Gasteiger partial charge in [0.05, 0.1) is 54.9 Å². The van der Waals surface area contributed by atoms with E-state index >= 15 is 0 Å². The highest BCUT2D eigenvalue weighted by atomic mass is 32.1. The molecule has 0 bridgehead atoms. The van der Waals surface area contributed by atoms with E-state index in [-0.39, 0.29) is 37.0 Å². The van der Waals surface area contributed by atoms with Crippen LogP contribution in [0.2, 0.25) is 0 Å². The minimum absolute atomic E-state index is 0.0361. The van der Waals surface area contributed by atoms with E-state index in [2.05, 4.69) is 20.9 Å². The smallest absolute Gasteiger partial charge is 0.243 e. The lowest BCUT2D eigenvalue weighted by Crippen LogP contribution is -2.55. The number of nitrogens with zero attached hydrogens (tertiary/aromatic N) is 2. The predicted octanol–water partition coefficient (Wildman–Crippen LogP) is 2.20. The maximum atomic E-state index is 13.9. The molecule has 12 nitrogen and oxygen atoms in total. The van der Waals surface area contributed by atoms with E-state index in [4.69, 9.17) is 4.74 Å². The Morgan fingerprint density at radius 1 is 0.938 bits per heavy atom. The fourth-order valence-electron chi connectivity index (χ4n) is 5.65. The van der Waals surface area contributed by atoms with Crippen LogP contribution < -0.4 is 16.0 Å². The number of benzene rings is 1. The number of thiazole rings is 1. The summed E-state index contributed by atoms with van der Waals surface area (Å²) in [6.07, 6.45) is 1.37. The summed E-state index contributed by atoms with van der Waals surface area (Å²) < 4.78 is 5.38. The molecule has 48 heavy (non-hydrogen) atoms. The monoisotopic (exact) mass is 684 g/mol. The van der Waals surface area contributed by atoms with Gasteiger partial charge in [-0.25, -0.2) is 4.98 Å². The van der Waals surface area contributed by atoms with Crippen LogP contribution in [0.3, 0.4) is 0 Å². The van der Waals surface area contributed by atoms with Crippen LogP contribution >= 0.6 is 11.3 Å². The zero-order chi connectivity index (χ0) is 35.1. The number of rotatable bonds is 19. The molecular weight excluding hydrogens is 634 g/mol. The Morgan fingerprint density at radius 3 is 2.23 bits per heavy atom. The number of amides is 4. The number of nitrogens with one attached hydrogen (secondary N) is 3. The molecule has 1 unspecified atom stereocenters. The quantitative estimate of drug-likeness (QED) is 0.175. The van der Waals surface area contributed by atoms with Gasteiger partial charge in [0.2, 0.25) is 29.9 Å². The van der Waals surface area contributed by atoms with Gasteiger partial charge in [-0.15, -0.1) is 11.3 Å². The molecule has 1 aliphatic rings. The first-order valence-electron chi connectivity index (χ1n) is 16.7. The van der Waals surface area contributed by atoms with E-state index in [9.17, 15) is 29.1 Å². The van der Waals surface area contributed by atoms with Crippen molar-refractivity contribution in [3.8, 4) is 0 Å². The Kier molecular flexibility index (Phi) is 16.1. The molecule has 0 spiro atoms. The van der Waals surface area contributed by atoms with Crippen LogP contribution in [0.4, 0.5) is 0 Å². The molecule has 1 fully saturated rings. The van der Waals surface area contributed by atoms with Gasteiger partial charge in [0.1, 0.15) is 6.04 Å². The van der Waals surface area contributed by atoms with Crippen molar-refractivity contribution in [2.45, 2.75) is 90.4 Å². The molecule has 2 aromatic rings. The van der Waals surface area contributed by atoms with Gasteiger partial charge in [0.15, 0.2) is 0 Å². The highest BCUT2D eigenvalue weighted by Crippen LogP contribution is 2.18. The Morgan fingerprint density at radius 2 is 1.62 bits per heavy atom. The molecule has 4 amide bonds. The summed E-state index contributed by atoms with van der Waals surface area (Å²) in [5.41, 5.74) is 3.12. The number of morpholine rings is 1. The van der Waals surface area contributed by atoms with E-state index in [0.717, 1.165) is 5.56 Å².